The van der Waals surface area contributed by atoms with E-state index in [0.29, 0.717) is 6.04 Å². The highest BCUT2D eigenvalue weighted by molar-refractivity contribution is 5.44. The summed E-state index contributed by atoms with van der Waals surface area (Å²) in [5.41, 5.74) is 2.46. The van der Waals surface area contributed by atoms with Gasteiger partial charge in [0.05, 0.1) is 0 Å². The minimum atomic E-state index is 0.624. The molecule has 0 unspecified atom stereocenters. The molecule has 0 spiro atoms. The standard InChI is InChI=1S/C16H22N4/c1-13-6-8-14(9-7-13)17-11-10-16-19-18-12-20(16)15-4-2-3-5-15/h6-9,12,15,17H,2-5,10-11H2,1H3. The van der Waals surface area contributed by atoms with Gasteiger partial charge in [0.15, 0.2) is 0 Å². The lowest BCUT2D eigenvalue weighted by molar-refractivity contribution is 0.497. The smallest absolute Gasteiger partial charge is 0.134 e. The van der Waals surface area contributed by atoms with Gasteiger partial charge in [-0.2, -0.15) is 0 Å². The maximum atomic E-state index is 4.28. The Bertz CT molecular complexity index is 538. The molecule has 0 saturated heterocycles. The van der Waals surface area contributed by atoms with Crippen LogP contribution >= 0.6 is 0 Å². The topological polar surface area (TPSA) is 42.7 Å². The van der Waals surface area contributed by atoms with Crippen LogP contribution in [0.2, 0.25) is 0 Å². The van der Waals surface area contributed by atoms with Crippen LogP contribution in [0.5, 0.6) is 0 Å². The predicted molar refractivity (Wildman–Crippen MR) is 80.9 cm³/mol. The van der Waals surface area contributed by atoms with Gasteiger partial charge in [-0.25, -0.2) is 0 Å². The van der Waals surface area contributed by atoms with Crippen molar-refractivity contribution in [3.05, 3.63) is 42.0 Å². The van der Waals surface area contributed by atoms with Crippen LogP contribution in [0.1, 0.15) is 43.1 Å². The van der Waals surface area contributed by atoms with E-state index in [9.17, 15) is 0 Å². The first-order chi connectivity index (χ1) is 9.83. The van der Waals surface area contributed by atoms with Gasteiger partial charge in [-0.05, 0) is 31.9 Å². The molecule has 3 rings (SSSR count). The molecule has 0 radical (unpaired) electrons. The summed E-state index contributed by atoms with van der Waals surface area (Å²) in [4.78, 5) is 0. The number of hydrogen-bond acceptors (Lipinski definition) is 3. The molecule has 0 aliphatic heterocycles. The Kier molecular flexibility index (Phi) is 4.00. The molecule has 106 valence electrons. The summed E-state index contributed by atoms with van der Waals surface area (Å²) < 4.78 is 2.28. The molecule has 1 aliphatic carbocycles. The Labute approximate surface area is 120 Å². The minimum Gasteiger partial charge on any atom is -0.385 e. The third kappa shape index (κ3) is 3.00. The second-order valence-corrected chi connectivity index (χ2v) is 5.64. The fourth-order valence-corrected chi connectivity index (χ4v) is 2.92. The molecule has 0 bridgehead atoms. The Morgan fingerprint density at radius 2 is 1.95 bits per heavy atom. The quantitative estimate of drug-likeness (QED) is 0.906. The summed E-state index contributed by atoms with van der Waals surface area (Å²) in [6.07, 6.45) is 8.04. The van der Waals surface area contributed by atoms with E-state index in [4.69, 9.17) is 0 Å². The summed E-state index contributed by atoms with van der Waals surface area (Å²) in [5.74, 6) is 1.11. The predicted octanol–water partition coefficient (Wildman–Crippen LogP) is 3.36. The molecular formula is C16H22N4. The monoisotopic (exact) mass is 270 g/mol. The van der Waals surface area contributed by atoms with Crippen LogP contribution in [-0.2, 0) is 6.42 Å². The Morgan fingerprint density at radius 1 is 1.20 bits per heavy atom. The molecule has 1 aromatic carbocycles. The van der Waals surface area contributed by atoms with Gasteiger partial charge >= 0.3 is 0 Å². The molecule has 1 fully saturated rings. The summed E-state index contributed by atoms with van der Waals surface area (Å²) in [7, 11) is 0. The van der Waals surface area contributed by atoms with Crippen molar-refractivity contribution >= 4 is 5.69 Å². The number of anilines is 1. The average Bonchev–Trinajstić information content (AvgIpc) is 3.11. The molecule has 0 atom stereocenters. The van der Waals surface area contributed by atoms with Gasteiger partial charge in [-0.1, -0.05) is 30.5 Å². The van der Waals surface area contributed by atoms with E-state index >= 15 is 0 Å². The van der Waals surface area contributed by atoms with Gasteiger partial charge in [0.25, 0.3) is 0 Å². The summed E-state index contributed by atoms with van der Waals surface area (Å²) in [6, 6.07) is 9.13. The van der Waals surface area contributed by atoms with Crippen LogP contribution in [0.25, 0.3) is 0 Å². The van der Waals surface area contributed by atoms with Crippen LogP contribution in [0.3, 0.4) is 0 Å². The first kappa shape index (κ1) is 13.2. The zero-order valence-corrected chi connectivity index (χ0v) is 12.0. The van der Waals surface area contributed by atoms with Crippen molar-refractivity contribution < 1.29 is 0 Å². The van der Waals surface area contributed by atoms with E-state index in [-0.39, 0.29) is 0 Å². The third-order valence-electron chi connectivity index (χ3n) is 4.09. The molecule has 1 heterocycles. The van der Waals surface area contributed by atoms with Crippen molar-refractivity contribution in [3.63, 3.8) is 0 Å². The molecular weight excluding hydrogens is 248 g/mol. The number of hydrogen-bond donors (Lipinski definition) is 1. The number of aromatic nitrogens is 3. The number of rotatable bonds is 5. The van der Waals surface area contributed by atoms with Crippen molar-refractivity contribution in [2.24, 2.45) is 0 Å². The van der Waals surface area contributed by atoms with E-state index in [1.165, 1.54) is 36.9 Å². The van der Waals surface area contributed by atoms with Gasteiger partial charge in [-0.3, -0.25) is 0 Å². The molecule has 4 nitrogen and oxygen atoms in total. The first-order valence-electron chi connectivity index (χ1n) is 7.52. The molecule has 1 N–H and O–H groups in total. The SMILES string of the molecule is Cc1ccc(NCCc2nncn2C2CCCC2)cc1. The molecule has 4 heteroatoms. The van der Waals surface area contributed by atoms with E-state index < -0.39 is 0 Å². The van der Waals surface area contributed by atoms with Gasteiger partial charge in [0, 0.05) is 24.7 Å². The highest BCUT2D eigenvalue weighted by Gasteiger charge is 2.19. The maximum absolute atomic E-state index is 4.28. The number of benzene rings is 1. The van der Waals surface area contributed by atoms with E-state index in [1.54, 1.807) is 0 Å². The van der Waals surface area contributed by atoms with Gasteiger partial charge in [0.2, 0.25) is 0 Å². The summed E-state index contributed by atoms with van der Waals surface area (Å²) in [6.45, 7) is 3.00. The molecule has 1 aromatic heterocycles. The van der Waals surface area contributed by atoms with E-state index in [1.807, 2.05) is 6.33 Å². The fraction of sp³-hybridized carbons (Fsp3) is 0.500. The van der Waals surface area contributed by atoms with Gasteiger partial charge < -0.3 is 9.88 Å². The molecule has 2 aromatic rings. The second-order valence-electron chi connectivity index (χ2n) is 5.64. The lowest BCUT2D eigenvalue weighted by Gasteiger charge is -2.14. The maximum Gasteiger partial charge on any atom is 0.134 e. The molecule has 1 aliphatic rings. The van der Waals surface area contributed by atoms with Crippen LogP contribution in [0.4, 0.5) is 5.69 Å². The lowest BCUT2D eigenvalue weighted by atomic mass is 10.2. The summed E-state index contributed by atoms with van der Waals surface area (Å²) >= 11 is 0. The Balaban J connectivity index is 1.56. The zero-order valence-electron chi connectivity index (χ0n) is 12.0. The zero-order chi connectivity index (χ0) is 13.8. The lowest BCUT2D eigenvalue weighted by Crippen LogP contribution is -2.13. The van der Waals surface area contributed by atoms with Crippen LogP contribution in [0.15, 0.2) is 30.6 Å². The highest BCUT2D eigenvalue weighted by Crippen LogP contribution is 2.29. The molecule has 1 saturated carbocycles. The van der Waals surface area contributed by atoms with Gasteiger partial charge in [-0.15, -0.1) is 10.2 Å². The minimum absolute atomic E-state index is 0.624. The van der Waals surface area contributed by atoms with E-state index in [2.05, 4.69) is 51.3 Å². The van der Waals surface area contributed by atoms with E-state index in [0.717, 1.165) is 18.8 Å². The average molecular weight is 270 g/mol. The fourth-order valence-electron chi connectivity index (χ4n) is 2.92. The number of nitrogens with one attached hydrogen (secondary N) is 1. The van der Waals surface area contributed by atoms with Crippen LogP contribution in [0, 0.1) is 6.92 Å². The number of aryl methyl sites for hydroxylation is 1. The molecule has 0 amide bonds. The Hall–Kier alpha value is -1.84. The van der Waals surface area contributed by atoms with Crippen LogP contribution < -0.4 is 5.32 Å². The molecule has 20 heavy (non-hydrogen) atoms. The van der Waals surface area contributed by atoms with Crippen LogP contribution in [-0.4, -0.2) is 21.3 Å². The number of nitrogens with zero attached hydrogens (tertiary/aromatic N) is 3. The largest absolute Gasteiger partial charge is 0.385 e. The normalized spacial score (nSPS) is 15.7. The van der Waals surface area contributed by atoms with Crippen molar-refractivity contribution in [2.45, 2.75) is 45.1 Å². The summed E-state index contributed by atoms with van der Waals surface area (Å²) in [5, 5.41) is 11.8. The third-order valence-corrected chi connectivity index (χ3v) is 4.09. The van der Waals surface area contributed by atoms with Crippen molar-refractivity contribution in [1.29, 1.82) is 0 Å². The second kappa shape index (κ2) is 6.07. The highest BCUT2D eigenvalue weighted by atomic mass is 15.3. The van der Waals surface area contributed by atoms with Crippen molar-refractivity contribution in [3.8, 4) is 0 Å². The van der Waals surface area contributed by atoms with Gasteiger partial charge in [0.1, 0.15) is 12.2 Å². The van der Waals surface area contributed by atoms with Crippen molar-refractivity contribution in [2.75, 3.05) is 11.9 Å². The first-order valence-corrected chi connectivity index (χ1v) is 7.52. The van der Waals surface area contributed by atoms with Crippen molar-refractivity contribution in [1.82, 2.24) is 14.8 Å². The Morgan fingerprint density at radius 3 is 2.70 bits per heavy atom.